The Labute approximate surface area is 89.4 Å². The van der Waals surface area contributed by atoms with Crippen molar-refractivity contribution in [1.29, 1.82) is 0 Å². The van der Waals surface area contributed by atoms with Gasteiger partial charge in [-0.05, 0) is 5.92 Å². The third kappa shape index (κ3) is 2.21. The van der Waals surface area contributed by atoms with Gasteiger partial charge in [0.25, 0.3) is 0 Å². The number of carbonyl (C=O) groups excluding carboxylic acids is 1. The summed E-state index contributed by atoms with van der Waals surface area (Å²) in [7, 11) is 0. The van der Waals surface area contributed by atoms with Gasteiger partial charge in [0.05, 0.1) is 5.01 Å². The first-order chi connectivity index (χ1) is 6.43. The third-order valence-electron chi connectivity index (χ3n) is 2.02. The number of Topliss-reactive ketones (excluding diaryl/α,β-unsaturated/α-hetero) is 1. The number of thiazole rings is 1. The minimum absolute atomic E-state index is 0.0804. The van der Waals surface area contributed by atoms with Crippen molar-refractivity contribution in [3.63, 3.8) is 0 Å². The highest BCUT2D eigenvalue weighted by Gasteiger charge is 2.18. The highest BCUT2D eigenvalue weighted by molar-refractivity contribution is 7.12. The maximum absolute atomic E-state index is 11.4. The molecule has 0 saturated carbocycles. The number of hydrogen-bond donors (Lipinski definition) is 0. The van der Waals surface area contributed by atoms with Gasteiger partial charge in [-0.1, -0.05) is 27.7 Å². The maximum atomic E-state index is 11.4. The molecule has 0 bridgehead atoms. The summed E-state index contributed by atoms with van der Waals surface area (Å²) < 4.78 is 0. The summed E-state index contributed by atoms with van der Waals surface area (Å²) in [5.41, 5.74) is 0.675. The molecule has 1 heterocycles. The molecule has 0 aliphatic rings. The van der Waals surface area contributed by atoms with Crippen LogP contribution in [0.15, 0.2) is 0 Å². The van der Waals surface area contributed by atoms with Gasteiger partial charge in [0.1, 0.15) is 5.69 Å². The van der Waals surface area contributed by atoms with Crippen LogP contribution in [-0.4, -0.2) is 10.8 Å². The lowest BCUT2D eigenvalue weighted by atomic mass is 10.1. The number of rotatable bonds is 3. The monoisotopic (exact) mass is 211 g/mol. The van der Waals surface area contributed by atoms with Gasteiger partial charge in [0, 0.05) is 17.7 Å². The topological polar surface area (TPSA) is 30.0 Å². The zero-order chi connectivity index (χ0) is 10.9. The molecule has 1 rings (SSSR count). The van der Waals surface area contributed by atoms with Crippen molar-refractivity contribution in [2.24, 2.45) is 0 Å². The molecule has 0 unspecified atom stereocenters. The first-order valence-electron chi connectivity index (χ1n) is 4.95. The van der Waals surface area contributed by atoms with Crippen LogP contribution in [0.2, 0.25) is 0 Å². The average molecular weight is 211 g/mol. The highest BCUT2D eigenvalue weighted by Crippen LogP contribution is 2.30. The summed E-state index contributed by atoms with van der Waals surface area (Å²) in [4.78, 5) is 16.9. The Balaban J connectivity index is 3.19. The van der Waals surface area contributed by atoms with Crippen molar-refractivity contribution in [1.82, 2.24) is 4.98 Å². The molecule has 3 heteroatoms. The molecule has 14 heavy (non-hydrogen) atoms. The second-order valence-electron chi connectivity index (χ2n) is 4.13. The SMILES string of the molecule is CC(=O)c1nc(C(C)C)sc1C(C)C. The third-order valence-corrected chi connectivity index (χ3v) is 3.68. The van der Waals surface area contributed by atoms with Crippen LogP contribution in [0.3, 0.4) is 0 Å². The number of carbonyl (C=O) groups is 1. The van der Waals surface area contributed by atoms with E-state index in [9.17, 15) is 4.79 Å². The van der Waals surface area contributed by atoms with Crippen LogP contribution >= 0.6 is 11.3 Å². The van der Waals surface area contributed by atoms with Crippen molar-refractivity contribution < 1.29 is 4.79 Å². The predicted octanol–water partition coefficient (Wildman–Crippen LogP) is 3.59. The molecule has 2 nitrogen and oxygen atoms in total. The molecular formula is C11H17NOS. The van der Waals surface area contributed by atoms with Crippen LogP contribution in [-0.2, 0) is 0 Å². The van der Waals surface area contributed by atoms with Gasteiger partial charge in [0.2, 0.25) is 0 Å². The molecule has 0 fully saturated rings. The standard InChI is InChI=1S/C11H17NOS/c1-6(2)10-9(8(5)13)12-11(14-10)7(3)4/h6-7H,1-5H3. The van der Waals surface area contributed by atoms with E-state index < -0.39 is 0 Å². The number of aromatic nitrogens is 1. The van der Waals surface area contributed by atoms with Crippen molar-refractivity contribution in [3.05, 3.63) is 15.6 Å². The molecule has 78 valence electrons. The van der Waals surface area contributed by atoms with E-state index >= 15 is 0 Å². The second-order valence-corrected chi connectivity index (χ2v) is 5.19. The van der Waals surface area contributed by atoms with Gasteiger partial charge in [-0.25, -0.2) is 4.98 Å². The molecule has 0 aliphatic carbocycles. The van der Waals surface area contributed by atoms with E-state index in [1.165, 1.54) is 0 Å². The van der Waals surface area contributed by atoms with Crippen LogP contribution in [0.5, 0.6) is 0 Å². The minimum atomic E-state index is 0.0804. The molecule has 0 aliphatic heterocycles. The molecule has 0 N–H and O–H groups in total. The summed E-state index contributed by atoms with van der Waals surface area (Å²) in [5.74, 6) is 0.876. The van der Waals surface area contributed by atoms with Crippen molar-refractivity contribution in [2.75, 3.05) is 0 Å². The summed E-state index contributed by atoms with van der Waals surface area (Å²) in [5, 5.41) is 1.07. The Hall–Kier alpha value is -0.700. The fourth-order valence-corrected chi connectivity index (χ4v) is 2.36. The lowest BCUT2D eigenvalue weighted by molar-refractivity contribution is 0.101. The van der Waals surface area contributed by atoms with Crippen molar-refractivity contribution >= 4 is 17.1 Å². The predicted molar refractivity (Wildman–Crippen MR) is 60.3 cm³/mol. The van der Waals surface area contributed by atoms with Crippen LogP contribution in [0.25, 0.3) is 0 Å². The van der Waals surface area contributed by atoms with Crippen LogP contribution < -0.4 is 0 Å². The van der Waals surface area contributed by atoms with Gasteiger partial charge in [-0.2, -0.15) is 0 Å². The Morgan fingerprint density at radius 3 is 2.07 bits per heavy atom. The molecule has 1 aromatic rings. The molecule has 0 atom stereocenters. The summed E-state index contributed by atoms with van der Waals surface area (Å²) in [6.07, 6.45) is 0. The van der Waals surface area contributed by atoms with E-state index in [2.05, 4.69) is 32.7 Å². The molecule has 0 saturated heterocycles. The Kier molecular flexibility index (Phi) is 3.43. The summed E-state index contributed by atoms with van der Waals surface area (Å²) in [6, 6.07) is 0. The Bertz CT molecular complexity index is 339. The van der Waals surface area contributed by atoms with Gasteiger partial charge >= 0.3 is 0 Å². The molecular weight excluding hydrogens is 194 g/mol. The molecule has 0 amide bonds. The largest absolute Gasteiger partial charge is 0.293 e. The Morgan fingerprint density at radius 1 is 1.21 bits per heavy atom. The fourth-order valence-electron chi connectivity index (χ4n) is 1.24. The molecule has 1 aromatic heterocycles. The average Bonchev–Trinajstić information content (AvgIpc) is 2.47. The number of hydrogen-bond acceptors (Lipinski definition) is 3. The van der Waals surface area contributed by atoms with E-state index in [1.807, 2.05) is 0 Å². The zero-order valence-corrected chi connectivity index (χ0v) is 10.2. The lowest BCUT2D eigenvalue weighted by Crippen LogP contribution is -1.99. The van der Waals surface area contributed by atoms with Crippen LogP contribution in [0.4, 0.5) is 0 Å². The van der Waals surface area contributed by atoms with Crippen molar-refractivity contribution in [3.8, 4) is 0 Å². The van der Waals surface area contributed by atoms with E-state index in [4.69, 9.17) is 0 Å². The van der Waals surface area contributed by atoms with Crippen molar-refractivity contribution in [2.45, 2.75) is 46.5 Å². The van der Waals surface area contributed by atoms with E-state index in [0.29, 0.717) is 17.5 Å². The summed E-state index contributed by atoms with van der Waals surface area (Å²) >= 11 is 1.67. The van der Waals surface area contributed by atoms with Gasteiger partial charge in [0.15, 0.2) is 5.78 Å². The minimum Gasteiger partial charge on any atom is -0.293 e. The maximum Gasteiger partial charge on any atom is 0.179 e. The smallest absolute Gasteiger partial charge is 0.179 e. The number of ketones is 1. The van der Waals surface area contributed by atoms with Crippen LogP contribution in [0, 0.1) is 0 Å². The molecule has 0 spiro atoms. The van der Waals surface area contributed by atoms with Gasteiger partial charge in [-0.3, -0.25) is 4.79 Å². The zero-order valence-electron chi connectivity index (χ0n) is 9.42. The van der Waals surface area contributed by atoms with E-state index in [1.54, 1.807) is 18.3 Å². The first-order valence-corrected chi connectivity index (χ1v) is 5.76. The Morgan fingerprint density at radius 2 is 1.79 bits per heavy atom. The highest BCUT2D eigenvalue weighted by atomic mass is 32.1. The molecule has 0 radical (unpaired) electrons. The fraction of sp³-hybridized carbons (Fsp3) is 0.636. The normalized spacial score (nSPS) is 11.4. The first kappa shape index (κ1) is 11.4. The van der Waals surface area contributed by atoms with E-state index in [0.717, 1.165) is 9.88 Å². The van der Waals surface area contributed by atoms with Gasteiger partial charge < -0.3 is 0 Å². The number of nitrogens with zero attached hydrogens (tertiary/aromatic N) is 1. The lowest BCUT2D eigenvalue weighted by Gasteiger charge is -2.01. The quantitative estimate of drug-likeness (QED) is 0.715. The summed E-state index contributed by atoms with van der Waals surface area (Å²) in [6.45, 7) is 10.00. The van der Waals surface area contributed by atoms with Gasteiger partial charge in [-0.15, -0.1) is 11.3 Å². The van der Waals surface area contributed by atoms with E-state index in [-0.39, 0.29) is 5.78 Å². The molecule has 0 aromatic carbocycles. The second kappa shape index (κ2) is 4.22. The van der Waals surface area contributed by atoms with Crippen LogP contribution in [0.1, 0.15) is 66.8 Å².